The Labute approximate surface area is 100 Å². The van der Waals surface area contributed by atoms with Crippen LogP contribution in [0.1, 0.15) is 32.6 Å². The summed E-state index contributed by atoms with van der Waals surface area (Å²) in [5, 5.41) is 2.64. The van der Waals surface area contributed by atoms with Crippen LogP contribution >= 0.6 is 0 Å². The molecule has 0 heterocycles. The second-order valence-corrected chi connectivity index (χ2v) is 4.96. The molecule has 0 aliphatic heterocycles. The van der Waals surface area contributed by atoms with Crippen molar-refractivity contribution in [2.75, 3.05) is 11.1 Å². The van der Waals surface area contributed by atoms with Gasteiger partial charge in [-0.25, -0.2) is 4.39 Å². The molecule has 2 rings (SSSR count). The molecule has 1 amide bonds. The fraction of sp³-hybridized carbons (Fsp3) is 0.462. The van der Waals surface area contributed by atoms with Gasteiger partial charge in [0.05, 0.1) is 5.69 Å². The van der Waals surface area contributed by atoms with Gasteiger partial charge < -0.3 is 11.1 Å². The molecule has 1 aromatic carbocycles. The van der Waals surface area contributed by atoms with E-state index in [9.17, 15) is 9.18 Å². The van der Waals surface area contributed by atoms with Crippen LogP contribution in [0.2, 0.25) is 0 Å². The first-order valence-corrected chi connectivity index (χ1v) is 5.88. The van der Waals surface area contributed by atoms with Crippen molar-refractivity contribution in [2.24, 2.45) is 5.41 Å². The molecule has 1 fully saturated rings. The minimum atomic E-state index is -0.450. The Balaban J connectivity index is 2.15. The third-order valence-corrected chi connectivity index (χ3v) is 3.49. The molecule has 0 spiro atoms. The molecule has 0 aromatic heterocycles. The summed E-state index contributed by atoms with van der Waals surface area (Å²) in [7, 11) is 0. The van der Waals surface area contributed by atoms with Gasteiger partial charge in [-0.1, -0.05) is 19.8 Å². The minimum absolute atomic E-state index is 0.112. The summed E-state index contributed by atoms with van der Waals surface area (Å²) in [4.78, 5) is 12.1. The lowest BCUT2D eigenvalue weighted by molar-refractivity contribution is -0.124. The zero-order valence-electron chi connectivity index (χ0n) is 9.92. The lowest BCUT2D eigenvalue weighted by Gasteiger charge is -2.22. The van der Waals surface area contributed by atoms with Crippen molar-refractivity contribution in [2.45, 2.75) is 32.6 Å². The quantitative estimate of drug-likeness (QED) is 0.776. The lowest BCUT2D eigenvalue weighted by atomic mass is 9.88. The second kappa shape index (κ2) is 4.35. The molecule has 1 aliphatic carbocycles. The van der Waals surface area contributed by atoms with Gasteiger partial charge in [0.25, 0.3) is 0 Å². The van der Waals surface area contributed by atoms with Crippen LogP contribution in [0.5, 0.6) is 0 Å². The summed E-state index contributed by atoms with van der Waals surface area (Å²) in [5.41, 5.74) is 5.82. The number of halogens is 1. The molecule has 4 heteroatoms. The number of carbonyl (C=O) groups is 1. The molecule has 0 saturated heterocycles. The highest BCUT2D eigenvalue weighted by Gasteiger charge is 2.36. The zero-order valence-corrected chi connectivity index (χ0v) is 9.92. The number of hydrogen-bond acceptors (Lipinski definition) is 2. The van der Waals surface area contributed by atoms with Gasteiger partial charge in [0.2, 0.25) is 5.91 Å². The maximum absolute atomic E-state index is 13.5. The molecule has 3 N–H and O–H groups in total. The Hall–Kier alpha value is -1.58. The first-order chi connectivity index (χ1) is 8.01. The minimum Gasteiger partial charge on any atom is -0.399 e. The third kappa shape index (κ3) is 2.40. The summed E-state index contributed by atoms with van der Waals surface area (Å²) >= 11 is 0. The van der Waals surface area contributed by atoms with Crippen LogP contribution in [0.25, 0.3) is 0 Å². The summed E-state index contributed by atoms with van der Waals surface area (Å²) in [5.74, 6) is -0.561. The maximum atomic E-state index is 13.5. The van der Waals surface area contributed by atoms with Crippen LogP contribution in [-0.2, 0) is 4.79 Å². The number of benzene rings is 1. The topological polar surface area (TPSA) is 55.1 Å². The molecule has 1 aliphatic rings. The smallest absolute Gasteiger partial charge is 0.230 e. The van der Waals surface area contributed by atoms with E-state index in [1.807, 2.05) is 6.92 Å². The number of rotatable bonds is 2. The third-order valence-electron chi connectivity index (χ3n) is 3.49. The Kier molecular flexibility index (Phi) is 3.05. The molecular weight excluding hydrogens is 219 g/mol. The fourth-order valence-corrected chi connectivity index (χ4v) is 2.29. The first-order valence-electron chi connectivity index (χ1n) is 5.88. The van der Waals surface area contributed by atoms with Crippen molar-refractivity contribution in [3.8, 4) is 0 Å². The summed E-state index contributed by atoms with van der Waals surface area (Å²) in [6, 6.07) is 4.19. The van der Waals surface area contributed by atoms with Crippen molar-refractivity contribution in [1.29, 1.82) is 0 Å². The summed E-state index contributed by atoms with van der Waals surface area (Å²) in [6.45, 7) is 1.93. The predicted molar refractivity (Wildman–Crippen MR) is 66.0 cm³/mol. The maximum Gasteiger partial charge on any atom is 0.230 e. The summed E-state index contributed by atoms with van der Waals surface area (Å²) < 4.78 is 13.5. The standard InChI is InChI=1S/C13H17FN2O/c1-13(6-2-3-7-13)12(17)16-11-8-9(15)4-5-10(11)14/h4-5,8H,2-3,6-7,15H2,1H3,(H,16,17). The van der Waals surface area contributed by atoms with Crippen LogP contribution in [0.15, 0.2) is 18.2 Å². The van der Waals surface area contributed by atoms with E-state index in [1.165, 1.54) is 18.2 Å². The van der Waals surface area contributed by atoms with Gasteiger partial charge in [0.1, 0.15) is 5.82 Å². The average Bonchev–Trinajstić information content (AvgIpc) is 2.72. The number of anilines is 2. The number of nitrogens with two attached hydrogens (primary N) is 1. The largest absolute Gasteiger partial charge is 0.399 e. The van der Waals surface area contributed by atoms with Crippen LogP contribution in [-0.4, -0.2) is 5.91 Å². The van der Waals surface area contributed by atoms with Gasteiger partial charge >= 0.3 is 0 Å². The zero-order chi connectivity index (χ0) is 12.5. The van der Waals surface area contributed by atoms with E-state index in [2.05, 4.69) is 5.32 Å². The molecular formula is C13H17FN2O. The van der Waals surface area contributed by atoms with Gasteiger partial charge in [-0.15, -0.1) is 0 Å². The van der Waals surface area contributed by atoms with Crippen LogP contribution in [0.3, 0.4) is 0 Å². The van der Waals surface area contributed by atoms with E-state index < -0.39 is 5.82 Å². The molecule has 1 saturated carbocycles. The van der Waals surface area contributed by atoms with E-state index in [1.54, 1.807) is 0 Å². The van der Waals surface area contributed by atoms with Crippen molar-refractivity contribution in [1.82, 2.24) is 0 Å². The first kappa shape index (κ1) is 11.9. The van der Waals surface area contributed by atoms with Crippen molar-refractivity contribution >= 4 is 17.3 Å². The molecule has 92 valence electrons. The van der Waals surface area contributed by atoms with Gasteiger partial charge in [-0.3, -0.25) is 4.79 Å². The number of nitrogen functional groups attached to an aromatic ring is 1. The van der Waals surface area contributed by atoms with Gasteiger partial charge in [0, 0.05) is 11.1 Å². The second-order valence-electron chi connectivity index (χ2n) is 4.96. The van der Waals surface area contributed by atoms with Gasteiger partial charge in [-0.2, -0.15) is 0 Å². The molecule has 0 atom stereocenters. The fourth-order valence-electron chi connectivity index (χ4n) is 2.29. The monoisotopic (exact) mass is 236 g/mol. The SMILES string of the molecule is CC1(C(=O)Nc2cc(N)ccc2F)CCCC1. The van der Waals surface area contributed by atoms with E-state index in [0.717, 1.165) is 25.7 Å². The van der Waals surface area contributed by atoms with E-state index >= 15 is 0 Å². The predicted octanol–water partition coefficient (Wildman–Crippen LogP) is 2.93. The number of carbonyl (C=O) groups excluding carboxylic acids is 1. The van der Waals surface area contributed by atoms with Crippen molar-refractivity contribution in [3.05, 3.63) is 24.0 Å². The average molecular weight is 236 g/mol. The highest BCUT2D eigenvalue weighted by molar-refractivity contribution is 5.95. The molecule has 1 aromatic rings. The Morgan fingerprint density at radius 1 is 1.41 bits per heavy atom. The number of nitrogens with one attached hydrogen (secondary N) is 1. The molecule has 17 heavy (non-hydrogen) atoms. The number of amides is 1. The normalized spacial score (nSPS) is 18.0. The van der Waals surface area contributed by atoms with Crippen LogP contribution in [0, 0.1) is 11.2 Å². The van der Waals surface area contributed by atoms with Crippen molar-refractivity contribution in [3.63, 3.8) is 0 Å². The lowest BCUT2D eigenvalue weighted by Crippen LogP contribution is -2.31. The van der Waals surface area contributed by atoms with Crippen molar-refractivity contribution < 1.29 is 9.18 Å². The van der Waals surface area contributed by atoms with Gasteiger partial charge in [-0.05, 0) is 31.0 Å². The summed E-state index contributed by atoms with van der Waals surface area (Å²) in [6.07, 6.45) is 3.85. The van der Waals surface area contributed by atoms with E-state index in [4.69, 9.17) is 5.73 Å². The van der Waals surface area contributed by atoms with Crippen LogP contribution in [0.4, 0.5) is 15.8 Å². The molecule has 0 unspecified atom stereocenters. The molecule has 3 nitrogen and oxygen atoms in total. The van der Waals surface area contributed by atoms with E-state index in [0.29, 0.717) is 5.69 Å². The molecule has 0 bridgehead atoms. The van der Waals surface area contributed by atoms with Crippen LogP contribution < -0.4 is 11.1 Å². The number of hydrogen-bond donors (Lipinski definition) is 2. The molecule has 0 radical (unpaired) electrons. The van der Waals surface area contributed by atoms with E-state index in [-0.39, 0.29) is 17.0 Å². The van der Waals surface area contributed by atoms with Gasteiger partial charge in [0.15, 0.2) is 0 Å². The highest BCUT2D eigenvalue weighted by atomic mass is 19.1. The Morgan fingerprint density at radius 2 is 2.06 bits per heavy atom. The Morgan fingerprint density at radius 3 is 2.71 bits per heavy atom. The Bertz CT molecular complexity index is 439. The highest BCUT2D eigenvalue weighted by Crippen LogP contribution is 2.38.